The summed E-state index contributed by atoms with van der Waals surface area (Å²) in [4.78, 5) is 26.2. The van der Waals surface area contributed by atoms with Gasteiger partial charge in [-0.3, -0.25) is 14.2 Å². The third kappa shape index (κ3) is 5.35. The Labute approximate surface area is 202 Å². The summed E-state index contributed by atoms with van der Waals surface area (Å²) in [6, 6.07) is 4.67. The number of nitriles is 1. The maximum Gasteiger partial charge on any atom is 0.271 e. The summed E-state index contributed by atoms with van der Waals surface area (Å²) in [6.07, 6.45) is 4.18. The lowest BCUT2D eigenvalue weighted by molar-refractivity contribution is 0.0929. The molecule has 1 fully saturated rings. The Morgan fingerprint density at radius 1 is 1.33 bits per heavy atom. The van der Waals surface area contributed by atoms with E-state index < -0.39 is 17.2 Å². The van der Waals surface area contributed by atoms with Crippen LogP contribution in [0, 0.1) is 18.3 Å². The van der Waals surface area contributed by atoms with Crippen molar-refractivity contribution in [1.82, 2.24) is 4.57 Å². The summed E-state index contributed by atoms with van der Waals surface area (Å²) in [7, 11) is 0. The standard InChI is InChI=1S/C24H26Cl2N2O5/c1-3-4-5-8-33-22-18(25)10-15(11-19(22)26)21(29)20-14(2)17(12-27)23(30)28(24(20)31)13-16-7-6-9-32-16/h10-11,16,31H,3-9,13H2,1-2H3. The largest absolute Gasteiger partial charge is 0.494 e. The number of nitrogens with zero attached hydrogens (tertiary/aromatic N) is 2. The first kappa shape index (κ1) is 25.1. The molecule has 1 aliphatic rings. The molecule has 2 aromatic rings. The summed E-state index contributed by atoms with van der Waals surface area (Å²) >= 11 is 12.7. The zero-order valence-electron chi connectivity index (χ0n) is 18.6. The van der Waals surface area contributed by atoms with E-state index in [1.165, 1.54) is 19.1 Å². The van der Waals surface area contributed by atoms with Crippen molar-refractivity contribution in [2.45, 2.75) is 58.6 Å². The number of ether oxygens (including phenoxy) is 2. The second kappa shape index (κ2) is 11.1. The number of carbonyl (C=O) groups excluding carboxylic acids is 1. The minimum atomic E-state index is -0.661. The van der Waals surface area contributed by atoms with E-state index in [-0.39, 0.29) is 50.7 Å². The fraction of sp³-hybridized carbons (Fsp3) is 0.458. The summed E-state index contributed by atoms with van der Waals surface area (Å²) in [5.74, 6) is -0.832. The van der Waals surface area contributed by atoms with Crippen LogP contribution in [0.15, 0.2) is 16.9 Å². The first-order chi connectivity index (χ1) is 15.8. The number of hydrogen-bond donors (Lipinski definition) is 1. The van der Waals surface area contributed by atoms with E-state index in [4.69, 9.17) is 32.7 Å². The lowest BCUT2D eigenvalue weighted by atomic mass is 9.97. The molecule has 1 N–H and O–H groups in total. The third-order valence-corrected chi connectivity index (χ3v) is 6.25. The SMILES string of the molecule is CCCCCOc1c(Cl)cc(C(=O)c2c(C)c(C#N)c(=O)n(CC3CCCO3)c2O)cc1Cl. The van der Waals surface area contributed by atoms with E-state index in [1.807, 2.05) is 6.07 Å². The van der Waals surface area contributed by atoms with Gasteiger partial charge in [-0.05, 0) is 43.9 Å². The molecular formula is C24H26Cl2N2O5. The molecule has 176 valence electrons. The Bertz CT molecular complexity index is 1120. The van der Waals surface area contributed by atoms with Crippen LogP contribution in [0.4, 0.5) is 0 Å². The Balaban J connectivity index is 2.01. The van der Waals surface area contributed by atoms with E-state index in [2.05, 4.69) is 6.92 Å². The molecule has 0 amide bonds. The van der Waals surface area contributed by atoms with Crippen molar-refractivity contribution in [1.29, 1.82) is 5.26 Å². The van der Waals surface area contributed by atoms with Crippen molar-refractivity contribution in [3.05, 3.63) is 54.8 Å². The number of carbonyl (C=O) groups is 1. The maximum absolute atomic E-state index is 13.4. The third-order valence-electron chi connectivity index (χ3n) is 5.69. The number of aromatic nitrogens is 1. The average molecular weight is 493 g/mol. The van der Waals surface area contributed by atoms with Gasteiger partial charge in [0.05, 0.1) is 34.9 Å². The number of unbranched alkanes of at least 4 members (excludes halogenated alkanes) is 2. The summed E-state index contributed by atoms with van der Waals surface area (Å²) < 4.78 is 12.3. The predicted octanol–water partition coefficient (Wildman–Crippen LogP) is 5.02. The van der Waals surface area contributed by atoms with Crippen LogP contribution in [0.25, 0.3) is 0 Å². The van der Waals surface area contributed by atoms with Gasteiger partial charge in [-0.25, -0.2) is 0 Å². The van der Waals surface area contributed by atoms with Crippen LogP contribution in [0.3, 0.4) is 0 Å². The van der Waals surface area contributed by atoms with Gasteiger partial charge in [-0.2, -0.15) is 5.26 Å². The molecule has 0 bridgehead atoms. The molecule has 0 aliphatic carbocycles. The quantitative estimate of drug-likeness (QED) is 0.389. The number of halogens is 2. The highest BCUT2D eigenvalue weighted by molar-refractivity contribution is 6.38. The zero-order chi connectivity index (χ0) is 24.1. The van der Waals surface area contributed by atoms with Crippen molar-refractivity contribution in [2.75, 3.05) is 13.2 Å². The molecule has 3 rings (SSSR count). The van der Waals surface area contributed by atoms with Crippen LogP contribution in [-0.4, -0.2) is 34.8 Å². The number of benzene rings is 1. The lowest BCUT2D eigenvalue weighted by Gasteiger charge is -2.18. The van der Waals surface area contributed by atoms with E-state index in [0.29, 0.717) is 13.2 Å². The summed E-state index contributed by atoms with van der Waals surface area (Å²) in [5.41, 5.74) is -0.808. The molecule has 1 unspecified atom stereocenters. The minimum Gasteiger partial charge on any atom is -0.494 e. The van der Waals surface area contributed by atoms with Crippen molar-refractivity contribution in [2.24, 2.45) is 0 Å². The second-order valence-corrected chi connectivity index (χ2v) is 8.83. The molecule has 1 aliphatic heterocycles. The molecular weight excluding hydrogens is 467 g/mol. The number of ketones is 1. The van der Waals surface area contributed by atoms with Gasteiger partial charge in [0.1, 0.15) is 11.6 Å². The molecule has 1 aromatic heterocycles. The summed E-state index contributed by atoms with van der Waals surface area (Å²) in [6.45, 7) is 4.59. The van der Waals surface area contributed by atoms with Crippen LogP contribution in [0.5, 0.6) is 11.6 Å². The van der Waals surface area contributed by atoms with Gasteiger partial charge in [0.2, 0.25) is 5.88 Å². The smallest absolute Gasteiger partial charge is 0.271 e. The minimum absolute atomic E-state index is 0.0476. The molecule has 0 saturated carbocycles. The molecule has 0 radical (unpaired) electrons. The molecule has 9 heteroatoms. The van der Waals surface area contributed by atoms with Crippen molar-refractivity contribution < 1.29 is 19.4 Å². The molecule has 2 heterocycles. The van der Waals surface area contributed by atoms with Gasteiger partial charge in [-0.1, -0.05) is 43.0 Å². The van der Waals surface area contributed by atoms with Crippen LogP contribution in [0.1, 0.15) is 66.1 Å². The highest BCUT2D eigenvalue weighted by atomic mass is 35.5. The number of hydrogen-bond acceptors (Lipinski definition) is 6. The number of rotatable bonds is 9. The topological polar surface area (TPSA) is 102 Å². The number of pyridine rings is 1. The molecule has 33 heavy (non-hydrogen) atoms. The Kier molecular flexibility index (Phi) is 8.41. The van der Waals surface area contributed by atoms with Gasteiger partial charge < -0.3 is 14.6 Å². The average Bonchev–Trinajstić information content (AvgIpc) is 3.29. The normalized spacial score (nSPS) is 15.4. The Morgan fingerprint density at radius 2 is 2.03 bits per heavy atom. The van der Waals surface area contributed by atoms with Gasteiger partial charge in [-0.15, -0.1) is 0 Å². The molecule has 7 nitrogen and oxygen atoms in total. The molecule has 1 atom stereocenters. The van der Waals surface area contributed by atoms with Crippen molar-refractivity contribution in [3.8, 4) is 17.7 Å². The van der Waals surface area contributed by atoms with Crippen molar-refractivity contribution >= 4 is 29.0 Å². The lowest BCUT2D eigenvalue weighted by Crippen LogP contribution is -2.30. The highest BCUT2D eigenvalue weighted by Crippen LogP contribution is 2.36. The van der Waals surface area contributed by atoms with E-state index in [0.717, 1.165) is 36.7 Å². The fourth-order valence-corrected chi connectivity index (χ4v) is 4.48. The monoisotopic (exact) mass is 492 g/mol. The first-order valence-electron chi connectivity index (χ1n) is 10.9. The predicted molar refractivity (Wildman–Crippen MR) is 126 cm³/mol. The summed E-state index contributed by atoms with van der Waals surface area (Å²) in [5, 5.41) is 20.8. The van der Waals surface area contributed by atoms with Crippen LogP contribution < -0.4 is 10.3 Å². The highest BCUT2D eigenvalue weighted by Gasteiger charge is 2.28. The number of aromatic hydroxyl groups is 1. The van der Waals surface area contributed by atoms with Gasteiger partial charge in [0, 0.05) is 12.2 Å². The van der Waals surface area contributed by atoms with Gasteiger partial charge in [0.25, 0.3) is 5.56 Å². The Morgan fingerprint density at radius 3 is 2.61 bits per heavy atom. The van der Waals surface area contributed by atoms with E-state index in [1.54, 1.807) is 0 Å². The van der Waals surface area contributed by atoms with E-state index >= 15 is 0 Å². The van der Waals surface area contributed by atoms with Crippen LogP contribution in [-0.2, 0) is 11.3 Å². The van der Waals surface area contributed by atoms with E-state index in [9.17, 15) is 20.0 Å². The van der Waals surface area contributed by atoms with Crippen LogP contribution in [0.2, 0.25) is 10.0 Å². The fourth-order valence-electron chi connectivity index (χ4n) is 3.88. The maximum atomic E-state index is 13.4. The van der Waals surface area contributed by atoms with Crippen molar-refractivity contribution in [3.63, 3.8) is 0 Å². The zero-order valence-corrected chi connectivity index (χ0v) is 20.1. The first-order valence-corrected chi connectivity index (χ1v) is 11.7. The molecule has 1 aromatic carbocycles. The van der Waals surface area contributed by atoms with Gasteiger partial charge in [0.15, 0.2) is 11.5 Å². The second-order valence-electron chi connectivity index (χ2n) is 8.01. The van der Waals surface area contributed by atoms with Gasteiger partial charge >= 0.3 is 0 Å². The Hall–Kier alpha value is -2.53. The van der Waals surface area contributed by atoms with Crippen LogP contribution >= 0.6 is 23.2 Å². The molecule has 1 saturated heterocycles. The molecule has 0 spiro atoms.